The quantitative estimate of drug-likeness (QED) is 0.918. The van der Waals surface area contributed by atoms with Gasteiger partial charge < -0.3 is 10.6 Å². The molecule has 1 aliphatic rings. The van der Waals surface area contributed by atoms with Crippen molar-refractivity contribution in [2.75, 3.05) is 24.2 Å². The van der Waals surface area contributed by atoms with Crippen LogP contribution in [0.5, 0.6) is 0 Å². The van der Waals surface area contributed by atoms with E-state index in [0.717, 1.165) is 35.1 Å². The molecule has 4 nitrogen and oxygen atoms in total. The summed E-state index contributed by atoms with van der Waals surface area (Å²) in [5.41, 5.74) is 10.6. The Bertz CT molecular complexity index is 669. The molecule has 1 aliphatic heterocycles. The third-order valence-corrected chi connectivity index (χ3v) is 4.61. The molecule has 1 aromatic heterocycles. The molecule has 0 fully saturated rings. The molecule has 0 bridgehead atoms. The van der Waals surface area contributed by atoms with Crippen LogP contribution in [-0.4, -0.2) is 23.6 Å². The third-order valence-electron chi connectivity index (χ3n) is 3.75. The fraction of sp³-hybridized carbons (Fsp3) is 0.333. The zero-order valence-electron chi connectivity index (χ0n) is 11.7. The van der Waals surface area contributed by atoms with Crippen molar-refractivity contribution in [1.29, 1.82) is 0 Å². The molecule has 0 spiro atoms. The molecule has 0 radical (unpaired) electrons. The number of rotatable bonds is 2. The number of nitrogens with zero attached hydrogens (tertiary/aromatic N) is 3. The highest BCUT2D eigenvalue weighted by atomic mass is 79.9. The van der Waals surface area contributed by atoms with Crippen molar-refractivity contribution in [2.45, 2.75) is 19.8 Å². The van der Waals surface area contributed by atoms with E-state index in [1.165, 1.54) is 11.3 Å². The number of hydrogen-bond acceptors (Lipinski definition) is 4. The van der Waals surface area contributed by atoms with Gasteiger partial charge in [-0.2, -0.15) is 0 Å². The van der Waals surface area contributed by atoms with Gasteiger partial charge in [0.15, 0.2) is 5.82 Å². The molecule has 1 aromatic carbocycles. The average Bonchev–Trinajstić information content (AvgIpc) is 2.83. The fourth-order valence-corrected chi connectivity index (χ4v) is 3.04. The second-order valence-corrected chi connectivity index (χ2v) is 5.85. The van der Waals surface area contributed by atoms with Gasteiger partial charge in [0.25, 0.3) is 0 Å². The second-order valence-electron chi connectivity index (χ2n) is 5.06. The number of nitrogen functional groups attached to an aromatic ring is 1. The number of anilines is 2. The minimum absolute atomic E-state index is 0.504. The molecule has 2 aromatic rings. The maximum Gasteiger partial charge on any atom is 0.161 e. The van der Waals surface area contributed by atoms with Gasteiger partial charge in [-0.3, -0.25) is 0 Å². The summed E-state index contributed by atoms with van der Waals surface area (Å²) >= 11 is 3.45. The molecule has 0 saturated carbocycles. The molecular formula is C15H17BrN4. The second kappa shape index (κ2) is 5.05. The van der Waals surface area contributed by atoms with Gasteiger partial charge >= 0.3 is 0 Å². The van der Waals surface area contributed by atoms with E-state index in [0.29, 0.717) is 11.6 Å². The minimum atomic E-state index is 0.504. The van der Waals surface area contributed by atoms with Crippen molar-refractivity contribution in [3.05, 3.63) is 33.9 Å². The van der Waals surface area contributed by atoms with Gasteiger partial charge in [-0.05, 0) is 52.5 Å². The smallest absolute Gasteiger partial charge is 0.161 e. The molecule has 5 heteroatoms. The molecule has 0 saturated heterocycles. The highest BCUT2D eigenvalue weighted by Gasteiger charge is 2.17. The Morgan fingerprint density at radius 1 is 1.35 bits per heavy atom. The lowest BCUT2D eigenvalue weighted by atomic mass is 10.1. The molecule has 2 N–H and O–H groups in total. The Labute approximate surface area is 127 Å². The SMILES string of the molecule is CCc1nc(-c2ccc3c(c2)CCN3C)nc(N)c1Br. The number of hydrogen-bond donors (Lipinski definition) is 1. The normalized spacial score (nSPS) is 13.7. The first-order valence-corrected chi connectivity index (χ1v) is 7.55. The number of nitrogens with two attached hydrogens (primary N) is 1. The van der Waals surface area contributed by atoms with Gasteiger partial charge in [-0.1, -0.05) is 6.92 Å². The molecule has 0 unspecified atom stereocenters. The largest absolute Gasteiger partial charge is 0.383 e. The third kappa shape index (κ3) is 2.16. The van der Waals surface area contributed by atoms with Crippen molar-refractivity contribution in [3.63, 3.8) is 0 Å². The van der Waals surface area contributed by atoms with Crippen LogP contribution in [0, 0.1) is 0 Å². The van der Waals surface area contributed by atoms with Gasteiger partial charge in [0, 0.05) is 24.8 Å². The van der Waals surface area contributed by atoms with Crippen LogP contribution in [0.4, 0.5) is 11.5 Å². The number of likely N-dealkylation sites (N-methyl/N-ethyl adjacent to an activating group) is 1. The van der Waals surface area contributed by atoms with E-state index in [9.17, 15) is 0 Å². The zero-order valence-corrected chi connectivity index (χ0v) is 13.2. The molecule has 0 amide bonds. The van der Waals surface area contributed by atoms with Crippen molar-refractivity contribution in [1.82, 2.24) is 9.97 Å². The highest BCUT2D eigenvalue weighted by molar-refractivity contribution is 9.10. The van der Waals surface area contributed by atoms with E-state index in [4.69, 9.17) is 5.73 Å². The van der Waals surface area contributed by atoms with Crippen LogP contribution in [0.15, 0.2) is 22.7 Å². The van der Waals surface area contributed by atoms with E-state index in [1.54, 1.807) is 0 Å². The van der Waals surface area contributed by atoms with Crippen LogP contribution >= 0.6 is 15.9 Å². The number of aromatic nitrogens is 2. The molecule has 3 rings (SSSR count). The fourth-order valence-electron chi connectivity index (χ4n) is 2.58. The average molecular weight is 333 g/mol. The van der Waals surface area contributed by atoms with Crippen molar-refractivity contribution in [3.8, 4) is 11.4 Å². The Kier molecular flexibility index (Phi) is 3.38. The highest BCUT2D eigenvalue weighted by Crippen LogP contribution is 2.31. The van der Waals surface area contributed by atoms with E-state index in [1.807, 2.05) is 0 Å². The number of benzene rings is 1. The minimum Gasteiger partial charge on any atom is -0.383 e. The summed E-state index contributed by atoms with van der Waals surface area (Å²) in [5, 5.41) is 0. The van der Waals surface area contributed by atoms with Crippen LogP contribution in [0.1, 0.15) is 18.2 Å². The number of fused-ring (bicyclic) bond motifs is 1. The maximum absolute atomic E-state index is 5.96. The van der Waals surface area contributed by atoms with E-state index >= 15 is 0 Å². The number of halogens is 1. The Balaban J connectivity index is 2.08. The van der Waals surface area contributed by atoms with Crippen molar-refractivity contribution >= 4 is 27.4 Å². The van der Waals surface area contributed by atoms with Crippen molar-refractivity contribution < 1.29 is 0 Å². The van der Waals surface area contributed by atoms with Crippen LogP contribution in [-0.2, 0) is 12.8 Å². The predicted molar refractivity (Wildman–Crippen MR) is 85.9 cm³/mol. The Morgan fingerprint density at radius 3 is 2.90 bits per heavy atom. The van der Waals surface area contributed by atoms with Gasteiger partial charge in [-0.15, -0.1) is 0 Å². The van der Waals surface area contributed by atoms with Crippen LogP contribution < -0.4 is 10.6 Å². The van der Waals surface area contributed by atoms with Crippen LogP contribution in [0.2, 0.25) is 0 Å². The summed E-state index contributed by atoms with van der Waals surface area (Å²) < 4.78 is 0.810. The molecule has 20 heavy (non-hydrogen) atoms. The summed E-state index contributed by atoms with van der Waals surface area (Å²) in [4.78, 5) is 11.3. The van der Waals surface area contributed by atoms with Gasteiger partial charge in [-0.25, -0.2) is 9.97 Å². The van der Waals surface area contributed by atoms with E-state index < -0.39 is 0 Å². The molecule has 2 heterocycles. The predicted octanol–water partition coefficient (Wildman–Crippen LogP) is 3.04. The zero-order chi connectivity index (χ0) is 14.3. The number of aryl methyl sites for hydroxylation is 1. The summed E-state index contributed by atoms with van der Waals surface area (Å²) in [6.07, 6.45) is 1.90. The summed E-state index contributed by atoms with van der Waals surface area (Å²) in [6.45, 7) is 3.14. The topological polar surface area (TPSA) is 55.0 Å². The van der Waals surface area contributed by atoms with Crippen LogP contribution in [0.3, 0.4) is 0 Å². The lowest BCUT2D eigenvalue weighted by Crippen LogP contribution is -2.12. The summed E-state index contributed by atoms with van der Waals surface area (Å²) in [5.74, 6) is 1.21. The maximum atomic E-state index is 5.96. The van der Waals surface area contributed by atoms with Gasteiger partial charge in [0.2, 0.25) is 0 Å². The lowest BCUT2D eigenvalue weighted by molar-refractivity contribution is 0.956. The van der Waals surface area contributed by atoms with Crippen LogP contribution in [0.25, 0.3) is 11.4 Å². The van der Waals surface area contributed by atoms with E-state index in [-0.39, 0.29) is 0 Å². The lowest BCUT2D eigenvalue weighted by Gasteiger charge is -2.12. The molecule has 0 aliphatic carbocycles. The molecule has 104 valence electrons. The first-order chi connectivity index (χ1) is 9.60. The molecular weight excluding hydrogens is 316 g/mol. The standard InChI is InChI=1S/C15H17BrN4/c1-3-11-13(16)14(17)19-15(18-11)10-4-5-12-9(8-10)6-7-20(12)2/h4-5,8H,3,6-7H2,1-2H3,(H2,17,18,19). The first-order valence-electron chi connectivity index (χ1n) is 6.76. The molecule has 0 atom stereocenters. The van der Waals surface area contributed by atoms with E-state index in [2.05, 4.69) is 63.0 Å². The van der Waals surface area contributed by atoms with Gasteiger partial charge in [0.05, 0.1) is 10.2 Å². The first kappa shape index (κ1) is 13.4. The Hall–Kier alpha value is -1.62. The van der Waals surface area contributed by atoms with Gasteiger partial charge in [0.1, 0.15) is 5.82 Å². The monoisotopic (exact) mass is 332 g/mol. The summed E-state index contributed by atoms with van der Waals surface area (Å²) in [7, 11) is 2.12. The Morgan fingerprint density at radius 2 is 2.15 bits per heavy atom. The van der Waals surface area contributed by atoms with Crippen molar-refractivity contribution in [2.24, 2.45) is 0 Å². The summed E-state index contributed by atoms with van der Waals surface area (Å²) in [6, 6.07) is 6.40.